The van der Waals surface area contributed by atoms with Gasteiger partial charge in [-0.25, -0.2) is 9.78 Å². The first-order valence-electron chi connectivity index (χ1n) is 10.8. The van der Waals surface area contributed by atoms with Crippen LogP contribution >= 0.6 is 0 Å². The van der Waals surface area contributed by atoms with Crippen LogP contribution in [-0.2, 0) is 9.59 Å². The summed E-state index contributed by atoms with van der Waals surface area (Å²) in [5, 5.41) is 8.23. The highest BCUT2D eigenvalue weighted by atomic mass is 16.2. The Morgan fingerprint density at radius 2 is 1.69 bits per heavy atom. The number of carbonyl (C=O) groups excluding carboxylic acids is 3. The van der Waals surface area contributed by atoms with Crippen molar-refractivity contribution in [2.45, 2.75) is 20.3 Å². The van der Waals surface area contributed by atoms with Crippen molar-refractivity contribution in [2.75, 3.05) is 48.3 Å². The van der Waals surface area contributed by atoms with Gasteiger partial charge in [0, 0.05) is 62.6 Å². The molecule has 0 atom stereocenters. The van der Waals surface area contributed by atoms with Crippen molar-refractivity contribution in [2.24, 2.45) is 5.92 Å². The maximum atomic E-state index is 12.5. The first-order valence-corrected chi connectivity index (χ1v) is 10.8. The summed E-state index contributed by atoms with van der Waals surface area (Å²) >= 11 is 0. The van der Waals surface area contributed by atoms with Crippen molar-refractivity contribution in [3.63, 3.8) is 0 Å². The molecule has 1 aliphatic rings. The average Bonchev–Trinajstić information content (AvgIpc) is 2.80. The molecule has 0 bridgehead atoms. The minimum absolute atomic E-state index is 0.0179. The van der Waals surface area contributed by atoms with Crippen LogP contribution in [0.25, 0.3) is 0 Å². The van der Waals surface area contributed by atoms with Crippen LogP contribution in [0.1, 0.15) is 20.3 Å². The number of anilines is 3. The van der Waals surface area contributed by atoms with Crippen LogP contribution in [0.5, 0.6) is 0 Å². The van der Waals surface area contributed by atoms with Crippen molar-refractivity contribution >= 4 is 35.0 Å². The van der Waals surface area contributed by atoms with Crippen LogP contribution in [-0.4, -0.2) is 60.5 Å². The molecule has 1 aliphatic heterocycles. The van der Waals surface area contributed by atoms with E-state index in [0.717, 1.165) is 18.9 Å². The first-order chi connectivity index (χ1) is 15.4. The van der Waals surface area contributed by atoms with Gasteiger partial charge >= 0.3 is 6.03 Å². The Morgan fingerprint density at radius 3 is 2.34 bits per heavy atom. The number of nitrogens with zero attached hydrogens (tertiary/aromatic N) is 3. The van der Waals surface area contributed by atoms with Gasteiger partial charge in [0.2, 0.25) is 11.8 Å². The second kappa shape index (κ2) is 11.1. The molecule has 9 heteroatoms. The number of hydrogen-bond acceptors (Lipinski definition) is 5. The molecule has 1 aromatic carbocycles. The lowest BCUT2D eigenvalue weighted by atomic mass is 10.2. The van der Waals surface area contributed by atoms with Gasteiger partial charge in [-0.05, 0) is 30.3 Å². The van der Waals surface area contributed by atoms with Crippen molar-refractivity contribution in [1.29, 1.82) is 0 Å². The molecule has 0 saturated carbocycles. The minimum atomic E-state index is -0.398. The Hall–Kier alpha value is -3.62. The van der Waals surface area contributed by atoms with Gasteiger partial charge in [-0.15, -0.1) is 0 Å². The predicted octanol–water partition coefficient (Wildman–Crippen LogP) is 2.54. The second-order valence-corrected chi connectivity index (χ2v) is 7.91. The van der Waals surface area contributed by atoms with Gasteiger partial charge < -0.3 is 25.8 Å². The van der Waals surface area contributed by atoms with E-state index in [1.807, 2.05) is 36.9 Å². The van der Waals surface area contributed by atoms with E-state index in [9.17, 15) is 14.4 Å². The fourth-order valence-electron chi connectivity index (χ4n) is 3.30. The Kier molecular flexibility index (Phi) is 8.02. The number of urea groups is 1. The van der Waals surface area contributed by atoms with E-state index in [-0.39, 0.29) is 30.7 Å². The molecule has 3 N–H and O–H groups in total. The van der Waals surface area contributed by atoms with Crippen LogP contribution in [0.2, 0.25) is 0 Å². The fourth-order valence-corrected chi connectivity index (χ4v) is 3.30. The molecule has 32 heavy (non-hydrogen) atoms. The summed E-state index contributed by atoms with van der Waals surface area (Å²) in [4.78, 5) is 44.8. The lowest BCUT2D eigenvalue weighted by Crippen LogP contribution is -2.49. The lowest BCUT2D eigenvalue weighted by molar-refractivity contribution is -0.131. The van der Waals surface area contributed by atoms with E-state index in [2.05, 4.69) is 25.8 Å². The van der Waals surface area contributed by atoms with Crippen LogP contribution in [0.3, 0.4) is 0 Å². The Morgan fingerprint density at radius 1 is 0.969 bits per heavy atom. The average molecular weight is 439 g/mol. The van der Waals surface area contributed by atoms with Crippen molar-refractivity contribution in [3.8, 4) is 0 Å². The predicted molar refractivity (Wildman–Crippen MR) is 125 cm³/mol. The highest BCUT2D eigenvalue weighted by molar-refractivity contribution is 5.94. The molecule has 2 heterocycles. The van der Waals surface area contributed by atoms with E-state index in [0.29, 0.717) is 24.5 Å². The Bertz CT molecular complexity index is 926. The van der Waals surface area contributed by atoms with Crippen LogP contribution < -0.4 is 20.9 Å². The van der Waals surface area contributed by atoms with Gasteiger partial charge in [0.05, 0.1) is 0 Å². The molecule has 1 fully saturated rings. The number of nitrogens with one attached hydrogen (secondary N) is 3. The molecule has 0 unspecified atom stereocenters. The highest BCUT2D eigenvalue weighted by Gasteiger charge is 2.21. The van der Waals surface area contributed by atoms with E-state index in [1.54, 1.807) is 30.5 Å². The lowest BCUT2D eigenvalue weighted by Gasteiger charge is -2.35. The molecule has 1 aromatic heterocycles. The third-order valence-corrected chi connectivity index (χ3v) is 5.14. The molecule has 0 radical (unpaired) electrons. The third kappa shape index (κ3) is 6.69. The number of hydrogen-bond donors (Lipinski definition) is 3. The van der Waals surface area contributed by atoms with Crippen molar-refractivity contribution in [1.82, 2.24) is 15.2 Å². The topological polar surface area (TPSA) is 107 Å². The monoisotopic (exact) mass is 438 g/mol. The molecular weight excluding hydrogens is 408 g/mol. The Labute approximate surface area is 188 Å². The largest absolute Gasteiger partial charge is 0.353 e. The molecule has 170 valence electrons. The Balaban J connectivity index is 1.38. The van der Waals surface area contributed by atoms with Crippen LogP contribution in [0, 0.1) is 5.92 Å². The van der Waals surface area contributed by atoms with Gasteiger partial charge in [0.25, 0.3) is 0 Å². The molecule has 9 nitrogen and oxygen atoms in total. The third-order valence-electron chi connectivity index (χ3n) is 5.14. The number of rotatable bonds is 7. The van der Waals surface area contributed by atoms with Crippen LogP contribution in [0.15, 0.2) is 48.7 Å². The normalized spacial score (nSPS) is 13.6. The zero-order valence-electron chi connectivity index (χ0n) is 18.5. The quantitative estimate of drug-likeness (QED) is 0.616. The summed E-state index contributed by atoms with van der Waals surface area (Å²) in [5.41, 5.74) is 1.17. The zero-order chi connectivity index (χ0) is 22.9. The van der Waals surface area contributed by atoms with Crippen LogP contribution in [0.4, 0.5) is 22.0 Å². The molecule has 0 spiro atoms. The molecule has 1 saturated heterocycles. The van der Waals surface area contributed by atoms with Gasteiger partial charge in [-0.2, -0.15) is 0 Å². The molecular formula is C23H30N6O3. The maximum Gasteiger partial charge on any atom is 0.319 e. The summed E-state index contributed by atoms with van der Waals surface area (Å²) in [6.45, 7) is 6.61. The number of pyridine rings is 1. The summed E-state index contributed by atoms with van der Waals surface area (Å²) in [7, 11) is 0. The van der Waals surface area contributed by atoms with Crippen molar-refractivity contribution in [3.05, 3.63) is 48.7 Å². The standard InChI is InChI=1S/C23H30N6O3/c1-17(2)22(31)26-18-6-5-7-19(16-18)27-23(32)25-11-9-21(30)29-14-12-28(13-15-29)20-8-3-4-10-24-20/h3-8,10,16-17H,9,11-15H2,1-2H3,(H,26,31)(H2,25,27,32). The van der Waals surface area contributed by atoms with Gasteiger partial charge in [-0.1, -0.05) is 26.0 Å². The zero-order valence-corrected chi connectivity index (χ0v) is 18.5. The number of benzene rings is 1. The highest BCUT2D eigenvalue weighted by Crippen LogP contribution is 2.16. The number of piperazine rings is 1. The van der Waals surface area contributed by atoms with Crippen molar-refractivity contribution < 1.29 is 14.4 Å². The summed E-state index contributed by atoms with van der Waals surface area (Å²) in [5.74, 6) is 0.714. The van der Waals surface area contributed by atoms with E-state index in [4.69, 9.17) is 0 Å². The summed E-state index contributed by atoms with van der Waals surface area (Å²) < 4.78 is 0. The SMILES string of the molecule is CC(C)C(=O)Nc1cccc(NC(=O)NCCC(=O)N2CCN(c3ccccn3)CC2)c1. The molecule has 3 rings (SSSR count). The number of aromatic nitrogens is 1. The second-order valence-electron chi connectivity index (χ2n) is 7.91. The maximum absolute atomic E-state index is 12.5. The first kappa shape index (κ1) is 23.1. The number of amides is 4. The number of carbonyl (C=O) groups is 3. The van der Waals surface area contributed by atoms with E-state index < -0.39 is 6.03 Å². The van der Waals surface area contributed by atoms with E-state index >= 15 is 0 Å². The smallest absolute Gasteiger partial charge is 0.319 e. The molecule has 4 amide bonds. The van der Waals surface area contributed by atoms with Gasteiger partial charge in [0.15, 0.2) is 0 Å². The molecule has 0 aliphatic carbocycles. The summed E-state index contributed by atoms with van der Waals surface area (Å²) in [6, 6.07) is 12.3. The van der Waals surface area contributed by atoms with Gasteiger partial charge in [0.1, 0.15) is 5.82 Å². The summed E-state index contributed by atoms with van der Waals surface area (Å²) in [6.07, 6.45) is 2.00. The fraction of sp³-hybridized carbons (Fsp3) is 0.391. The minimum Gasteiger partial charge on any atom is -0.353 e. The van der Waals surface area contributed by atoms with E-state index in [1.165, 1.54) is 0 Å². The molecule has 2 aromatic rings. The van der Waals surface area contributed by atoms with Gasteiger partial charge in [-0.3, -0.25) is 9.59 Å².